The summed E-state index contributed by atoms with van der Waals surface area (Å²) in [6.07, 6.45) is 0.936. The highest BCUT2D eigenvalue weighted by Gasteiger charge is 2.36. The zero-order chi connectivity index (χ0) is 13.9. The summed E-state index contributed by atoms with van der Waals surface area (Å²) < 4.78 is 17.3. The monoisotopic (exact) mass is 259 g/mol. The number of carboxylic acids is 2. The summed E-state index contributed by atoms with van der Waals surface area (Å²) in [4.78, 5) is 33.1. The van der Waals surface area contributed by atoms with Gasteiger partial charge in [-0.05, 0) is 0 Å². The van der Waals surface area contributed by atoms with E-state index in [4.69, 9.17) is 10.2 Å². The molecule has 0 amide bonds. The Kier molecular flexibility index (Phi) is 4.03. The Morgan fingerprint density at radius 2 is 2.00 bits per heavy atom. The minimum Gasteiger partial charge on any atom is -0.478 e. The van der Waals surface area contributed by atoms with E-state index in [0.717, 1.165) is 13.3 Å². The highest BCUT2D eigenvalue weighted by Crippen LogP contribution is 2.28. The van der Waals surface area contributed by atoms with Crippen molar-refractivity contribution < 1.29 is 33.7 Å². The number of carbonyl (C=O) groups is 3. The number of methoxy groups -OCH3 is 1. The van der Waals surface area contributed by atoms with Gasteiger partial charge in [-0.2, -0.15) is 0 Å². The molecule has 0 bridgehead atoms. The lowest BCUT2D eigenvalue weighted by Crippen LogP contribution is -2.34. The molecule has 0 saturated carbocycles. The van der Waals surface area contributed by atoms with Gasteiger partial charge in [-0.25, -0.2) is 14.4 Å². The summed E-state index contributed by atoms with van der Waals surface area (Å²) in [5, 5.41) is 19.9. The van der Waals surface area contributed by atoms with Crippen molar-refractivity contribution in [1.82, 2.24) is 5.32 Å². The summed E-state index contributed by atoms with van der Waals surface area (Å²) in [5.74, 6) is -5.56. The maximum absolute atomic E-state index is 12.9. The van der Waals surface area contributed by atoms with Crippen molar-refractivity contribution in [3.05, 3.63) is 23.0 Å². The smallest absolute Gasteiger partial charge is 0.352 e. The number of carboxylic acid groups (broad SMARTS) is 2. The number of dihydropyridines is 1. The van der Waals surface area contributed by atoms with Gasteiger partial charge in [0.1, 0.15) is 12.4 Å². The first-order valence-corrected chi connectivity index (χ1v) is 4.75. The number of nitrogens with one attached hydrogen (secondary N) is 1. The van der Waals surface area contributed by atoms with Gasteiger partial charge in [-0.15, -0.1) is 0 Å². The van der Waals surface area contributed by atoms with E-state index in [2.05, 4.69) is 10.1 Å². The Morgan fingerprint density at radius 3 is 2.39 bits per heavy atom. The normalized spacial score (nSPS) is 18.8. The molecular weight excluding hydrogens is 249 g/mol. The number of halogens is 1. The van der Waals surface area contributed by atoms with Crippen LogP contribution in [0.5, 0.6) is 0 Å². The SMILES string of the molecule is COC(=O)C1=CNC(C(=O)O)=C(C(=O)O)C1CF. The zero-order valence-corrected chi connectivity index (χ0v) is 9.27. The van der Waals surface area contributed by atoms with Crippen LogP contribution in [-0.2, 0) is 19.1 Å². The number of esters is 1. The predicted octanol–water partition coefficient (Wildman–Crippen LogP) is -0.345. The van der Waals surface area contributed by atoms with Crippen LogP contribution < -0.4 is 5.32 Å². The van der Waals surface area contributed by atoms with Crippen molar-refractivity contribution in [2.75, 3.05) is 13.8 Å². The lowest BCUT2D eigenvalue weighted by Gasteiger charge is -2.23. The number of hydrogen-bond acceptors (Lipinski definition) is 5. The first-order chi connectivity index (χ1) is 8.43. The van der Waals surface area contributed by atoms with Gasteiger partial charge < -0.3 is 20.3 Å². The van der Waals surface area contributed by atoms with Crippen LogP contribution in [0, 0.1) is 5.92 Å². The van der Waals surface area contributed by atoms with Gasteiger partial charge in [-0.1, -0.05) is 0 Å². The summed E-state index contributed by atoms with van der Waals surface area (Å²) in [6.45, 7) is -1.22. The molecule has 1 rings (SSSR count). The van der Waals surface area contributed by atoms with E-state index in [-0.39, 0.29) is 5.57 Å². The van der Waals surface area contributed by atoms with Crippen LogP contribution >= 0.6 is 0 Å². The molecule has 0 saturated heterocycles. The van der Waals surface area contributed by atoms with E-state index in [1.807, 2.05) is 0 Å². The van der Waals surface area contributed by atoms with Gasteiger partial charge in [0, 0.05) is 6.20 Å². The maximum Gasteiger partial charge on any atom is 0.352 e. The zero-order valence-electron chi connectivity index (χ0n) is 9.27. The van der Waals surface area contributed by atoms with Gasteiger partial charge in [0.05, 0.1) is 24.2 Å². The van der Waals surface area contributed by atoms with E-state index in [9.17, 15) is 18.8 Å². The molecule has 0 radical (unpaired) electrons. The molecule has 1 heterocycles. The van der Waals surface area contributed by atoms with Crippen LogP contribution in [0.4, 0.5) is 4.39 Å². The molecule has 0 aromatic rings. The van der Waals surface area contributed by atoms with Crippen LogP contribution in [0.15, 0.2) is 23.0 Å². The van der Waals surface area contributed by atoms with Gasteiger partial charge >= 0.3 is 17.9 Å². The van der Waals surface area contributed by atoms with Crippen molar-refractivity contribution in [1.29, 1.82) is 0 Å². The lowest BCUT2D eigenvalue weighted by atomic mass is 9.88. The van der Waals surface area contributed by atoms with Crippen LogP contribution in [0.1, 0.15) is 0 Å². The molecule has 0 aromatic heterocycles. The molecular formula is C10H10FNO6. The molecule has 0 spiro atoms. The molecule has 98 valence electrons. The standard InChI is InChI=1S/C10H10FNO6/c1-18-10(17)5-3-12-7(9(15)16)6(8(13)14)4(5)2-11/h3-4,12H,2H2,1H3,(H,13,14)(H,15,16). The Balaban J connectivity index is 3.29. The van der Waals surface area contributed by atoms with Gasteiger partial charge in [0.25, 0.3) is 0 Å². The number of hydrogen-bond donors (Lipinski definition) is 3. The van der Waals surface area contributed by atoms with E-state index in [0.29, 0.717) is 0 Å². The van der Waals surface area contributed by atoms with Crippen molar-refractivity contribution in [2.24, 2.45) is 5.92 Å². The fourth-order valence-electron chi connectivity index (χ4n) is 1.57. The second-order valence-electron chi connectivity index (χ2n) is 3.34. The third kappa shape index (κ3) is 2.31. The van der Waals surface area contributed by atoms with E-state index < -0.39 is 41.8 Å². The Bertz CT molecular complexity index is 467. The lowest BCUT2D eigenvalue weighted by molar-refractivity contribution is -0.138. The Labute approximate surface area is 101 Å². The minimum atomic E-state index is -1.61. The van der Waals surface area contributed by atoms with Crippen molar-refractivity contribution in [2.45, 2.75) is 0 Å². The molecule has 0 aliphatic carbocycles. The average Bonchev–Trinajstić information content (AvgIpc) is 2.35. The molecule has 1 aliphatic rings. The summed E-state index contributed by atoms with van der Waals surface area (Å²) in [5.41, 5.74) is -1.66. The van der Waals surface area contributed by atoms with E-state index in [1.165, 1.54) is 0 Å². The van der Waals surface area contributed by atoms with Crippen molar-refractivity contribution in [3.63, 3.8) is 0 Å². The molecule has 7 nitrogen and oxygen atoms in total. The van der Waals surface area contributed by atoms with E-state index >= 15 is 0 Å². The fourth-order valence-corrected chi connectivity index (χ4v) is 1.57. The van der Waals surface area contributed by atoms with Crippen molar-refractivity contribution >= 4 is 17.9 Å². The second-order valence-corrected chi connectivity index (χ2v) is 3.34. The predicted molar refractivity (Wildman–Crippen MR) is 55.0 cm³/mol. The van der Waals surface area contributed by atoms with Crippen LogP contribution in [-0.4, -0.2) is 41.9 Å². The number of alkyl halides is 1. The number of ether oxygens (including phenoxy) is 1. The number of carbonyl (C=O) groups excluding carboxylic acids is 1. The summed E-state index contributed by atoms with van der Waals surface area (Å²) >= 11 is 0. The van der Waals surface area contributed by atoms with E-state index in [1.54, 1.807) is 0 Å². The maximum atomic E-state index is 12.9. The fraction of sp³-hybridized carbons (Fsp3) is 0.300. The second kappa shape index (κ2) is 5.30. The number of rotatable bonds is 4. The quantitative estimate of drug-likeness (QED) is 0.591. The highest BCUT2D eigenvalue weighted by molar-refractivity contribution is 6.02. The van der Waals surface area contributed by atoms with Gasteiger partial charge in [-0.3, -0.25) is 4.39 Å². The molecule has 0 aromatic carbocycles. The summed E-state index contributed by atoms with van der Waals surface area (Å²) in [6, 6.07) is 0. The molecule has 3 N–H and O–H groups in total. The molecule has 1 atom stereocenters. The van der Waals surface area contributed by atoms with Crippen LogP contribution in [0.25, 0.3) is 0 Å². The molecule has 1 aliphatic heterocycles. The largest absolute Gasteiger partial charge is 0.478 e. The third-order valence-electron chi connectivity index (χ3n) is 2.38. The van der Waals surface area contributed by atoms with Gasteiger partial charge in [0.15, 0.2) is 0 Å². The van der Waals surface area contributed by atoms with Gasteiger partial charge in [0.2, 0.25) is 0 Å². The van der Waals surface area contributed by atoms with Crippen molar-refractivity contribution in [3.8, 4) is 0 Å². The first-order valence-electron chi connectivity index (χ1n) is 4.75. The van der Waals surface area contributed by atoms with Crippen LogP contribution in [0.3, 0.4) is 0 Å². The average molecular weight is 259 g/mol. The Morgan fingerprint density at radius 1 is 1.39 bits per heavy atom. The molecule has 8 heteroatoms. The topological polar surface area (TPSA) is 113 Å². The summed E-state index contributed by atoms with van der Waals surface area (Å²) in [7, 11) is 1.05. The Hall–Kier alpha value is -2.38. The molecule has 0 fully saturated rings. The molecule has 18 heavy (non-hydrogen) atoms. The third-order valence-corrected chi connectivity index (χ3v) is 2.38. The highest BCUT2D eigenvalue weighted by atomic mass is 19.1. The molecule has 1 unspecified atom stereocenters. The first kappa shape index (κ1) is 13.7. The number of aliphatic carboxylic acids is 2. The minimum absolute atomic E-state index is 0.276. The van der Waals surface area contributed by atoms with Crippen LogP contribution in [0.2, 0.25) is 0 Å².